The predicted molar refractivity (Wildman–Crippen MR) is 74.5 cm³/mol. The fourth-order valence-corrected chi connectivity index (χ4v) is 2.12. The Morgan fingerprint density at radius 3 is 2.55 bits per heavy atom. The summed E-state index contributed by atoms with van der Waals surface area (Å²) in [6.07, 6.45) is 0. The molecule has 0 amide bonds. The van der Waals surface area contributed by atoms with E-state index in [2.05, 4.69) is 21.2 Å². The highest BCUT2D eigenvalue weighted by molar-refractivity contribution is 9.10. The van der Waals surface area contributed by atoms with Crippen molar-refractivity contribution in [1.29, 1.82) is 0 Å². The van der Waals surface area contributed by atoms with Crippen molar-refractivity contribution in [3.05, 3.63) is 68.2 Å². The van der Waals surface area contributed by atoms with Gasteiger partial charge in [0.25, 0.3) is 0 Å². The average Bonchev–Trinajstić information content (AvgIpc) is 2.37. The van der Waals surface area contributed by atoms with Crippen LogP contribution in [0.1, 0.15) is 5.56 Å². The molecule has 0 heterocycles. The summed E-state index contributed by atoms with van der Waals surface area (Å²) in [5.74, 6) is -1.26. The molecule has 0 saturated heterocycles. The Labute approximate surface area is 121 Å². The summed E-state index contributed by atoms with van der Waals surface area (Å²) < 4.78 is 26.9. The van der Waals surface area contributed by atoms with Gasteiger partial charge in [-0.25, -0.2) is 4.39 Å². The Morgan fingerprint density at radius 2 is 1.95 bits per heavy atom. The second-order valence-electron chi connectivity index (χ2n) is 4.01. The summed E-state index contributed by atoms with van der Waals surface area (Å²) in [6, 6.07) is 7.80. The number of hydrogen-bond donors (Lipinski definition) is 1. The first-order valence-corrected chi connectivity index (χ1v) is 6.38. The van der Waals surface area contributed by atoms with E-state index >= 15 is 0 Å². The monoisotopic (exact) mass is 342 g/mol. The molecule has 0 aromatic heterocycles. The molecule has 0 bridgehead atoms. The van der Waals surface area contributed by atoms with Crippen LogP contribution < -0.4 is 5.32 Å². The van der Waals surface area contributed by atoms with Crippen molar-refractivity contribution in [2.24, 2.45) is 0 Å². The van der Waals surface area contributed by atoms with Gasteiger partial charge in [0, 0.05) is 28.8 Å². The fraction of sp³-hybridized carbons (Fsp3) is 0.0769. The van der Waals surface area contributed by atoms with Crippen LogP contribution in [0.15, 0.2) is 40.9 Å². The van der Waals surface area contributed by atoms with Gasteiger partial charge in [-0.3, -0.25) is 10.1 Å². The lowest BCUT2D eigenvalue weighted by Gasteiger charge is -2.08. The number of nitrogens with one attached hydrogen (secondary N) is 1. The molecule has 0 aliphatic rings. The maximum atomic E-state index is 13.4. The van der Waals surface area contributed by atoms with Crippen LogP contribution in [0, 0.1) is 21.7 Å². The fourth-order valence-electron chi connectivity index (χ4n) is 1.63. The average molecular weight is 343 g/mol. The lowest BCUT2D eigenvalue weighted by molar-refractivity contribution is -0.387. The van der Waals surface area contributed by atoms with Crippen LogP contribution in [0.5, 0.6) is 0 Å². The quantitative estimate of drug-likeness (QED) is 0.667. The van der Waals surface area contributed by atoms with Crippen LogP contribution in [-0.4, -0.2) is 4.92 Å². The van der Waals surface area contributed by atoms with E-state index in [1.54, 1.807) is 6.07 Å². The molecule has 0 saturated carbocycles. The van der Waals surface area contributed by atoms with Gasteiger partial charge < -0.3 is 5.32 Å². The highest BCUT2D eigenvalue weighted by Gasteiger charge is 2.13. The molecule has 0 fully saturated rings. The van der Waals surface area contributed by atoms with Crippen molar-refractivity contribution in [3.8, 4) is 0 Å². The van der Waals surface area contributed by atoms with E-state index in [1.165, 1.54) is 18.2 Å². The molecule has 2 aromatic carbocycles. The molecule has 4 nitrogen and oxygen atoms in total. The van der Waals surface area contributed by atoms with Crippen molar-refractivity contribution in [2.45, 2.75) is 6.54 Å². The minimum Gasteiger partial charge on any atom is -0.381 e. The maximum absolute atomic E-state index is 13.4. The first kappa shape index (κ1) is 14.4. The van der Waals surface area contributed by atoms with Gasteiger partial charge in [0.05, 0.1) is 4.92 Å². The normalized spacial score (nSPS) is 10.3. The van der Waals surface area contributed by atoms with Gasteiger partial charge in [0.1, 0.15) is 5.82 Å². The van der Waals surface area contributed by atoms with Gasteiger partial charge in [0.2, 0.25) is 5.82 Å². The van der Waals surface area contributed by atoms with Crippen LogP contribution in [0.2, 0.25) is 0 Å². The van der Waals surface area contributed by atoms with Crippen LogP contribution in [-0.2, 0) is 6.54 Å². The van der Waals surface area contributed by atoms with Crippen LogP contribution in [0.3, 0.4) is 0 Å². The van der Waals surface area contributed by atoms with Crippen molar-refractivity contribution >= 4 is 27.3 Å². The standard InChI is InChI=1S/C13H9BrF2N2O2/c14-11-5-9(15)2-1-8(11)7-17-10-3-4-13(18(19)20)12(16)6-10/h1-6,17H,7H2. The van der Waals surface area contributed by atoms with Crippen molar-refractivity contribution in [3.63, 3.8) is 0 Å². The van der Waals surface area contributed by atoms with E-state index in [4.69, 9.17) is 0 Å². The summed E-state index contributed by atoms with van der Waals surface area (Å²) >= 11 is 3.22. The van der Waals surface area contributed by atoms with Crippen LogP contribution in [0.25, 0.3) is 0 Å². The van der Waals surface area contributed by atoms with Crippen molar-refractivity contribution in [2.75, 3.05) is 5.32 Å². The third kappa shape index (κ3) is 3.30. The second-order valence-corrected chi connectivity index (χ2v) is 4.87. The van der Waals surface area contributed by atoms with E-state index in [-0.39, 0.29) is 5.82 Å². The number of nitro benzene ring substituents is 1. The number of rotatable bonds is 4. The molecule has 0 aliphatic carbocycles. The van der Waals surface area contributed by atoms with Crippen molar-refractivity contribution < 1.29 is 13.7 Å². The number of benzene rings is 2. The lowest BCUT2D eigenvalue weighted by Crippen LogP contribution is -2.01. The highest BCUT2D eigenvalue weighted by Crippen LogP contribution is 2.23. The number of anilines is 1. The smallest absolute Gasteiger partial charge is 0.304 e. The minimum atomic E-state index is -0.904. The first-order chi connectivity index (χ1) is 9.47. The number of hydrogen-bond acceptors (Lipinski definition) is 3. The Bertz CT molecular complexity index is 665. The van der Waals surface area contributed by atoms with Gasteiger partial charge in [0.15, 0.2) is 0 Å². The zero-order valence-corrected chi connectivity index (χ0v) is 11.7. The largest absolute Gasteiger partial charge is 0.381 e. The predicted octanol–water partition coefficient (Wildman–Crippen LogP) is 4.25. The number of halogens is 3. The molecule has 104 valence electrons. The van der Waals surface area contributed by atoms with E-state index in [9.17, 15) is 18.9 Å². The first-order valence-electron chi connectivity index (χ1n) is 5.59. The van der Waals surface area contributed by atoms with E-state index in [1.807, 2.05) is 0 Å². The molecular formula is C13H9BrF2N2O2. The number of nitrogens with zero attached hydrogens (tertiary/aromatic N) is 1. The SMILES string of the molecule is O=[N+]([O-])c1ccc(NCc2ccc(F)cc2Br)cc1F. The van der Waals surface area contributed by atoms with Gasteiger partial charge in [-0.1, -0.05) is 22.0 Å². The van der Waals surface area contributed by atoms with Gasteiger partial charge in [-0.2, -0.15) is 4.39 Å². The Kier molecular flexibility index (Phi) is 4.29. The molecule has 0 aliphatic heterocycles. The van der Waals surface area contributed by atoms with Gasteiger partial charge >= 0.3 is 5.69 Å². The minimum absolute atomic E-state index is 0.331. The zero-order chi connectivity index (χ0) is 14.7. The molecule has 0 radical (unpaired) electrons. The third-order valence-corrected chi connectivity index (χ3v) is 3.38. The summed E-state index contributed by atoms with van der Waals surface area (Å²) in [7, 11) is 0. The maximum Gasteiger partial charge on any atom is 0.304 e. The molecule has 7 heteroatoms. The molecule has 20 heavy (non-hydrogen) atoms. The topological polar surface area (TPSA) is 55.2 Å². The van der Waals surface area contributed by atoms with Crippen LogP contribution >= 0.6 is 15.9 Å². The lowest BCUT2D eigenvalue weighted by atomic mass is 10.2. The van der Waals surface area contributed by atoms with Gasteiger partial charge in [-0.05, 0) is 23.8 Å². The molecule has 1 N–H and O–H groups in total. The van der Waals surface area contributed by atoms with E-state index < -0.39 is 16.4 Å². The summed E-state index contributed by atoms with van der Waals surface area (Å²) in [6.45, 7) is 0.331. The second kappa shape index (κ2) is 5.96. The molecule has 0 atom stereocenters. The third-order valence-electron chi connectivity index (χ3n) is 2.64. The molecule has 0 spiro atoms. The Balaban J connectivity index is 2.11. The molecule has 2 aromatic rings. The Hall–Kier alpha value is -2.02. The zero-order valence-electron chi connectivity index (χ0n) is 10.1. The van der Waals surface area contributed by atoms with E-state index in [0.29, 0.717) is 16.7 Å². The summed E-state index contributed by atoms with van der Waals surface area (Å²) in [4.78, 5) is 9.71. The van der Waals surface area contributed by atoms with Crippen LogP contribution in [0.4, 0.5) is 20.2 Å². The Morgan fingerprint density at radius 1 is 1.20 bits per heavy atom. The molecule has 2 rings (SSSR count). The highest BCUT2D eigenvalue weighted by atomic mass is 79.9. The summed E-state index contributed by atoms with van der Waals surface area (Å²) in [5.41, 5.74) is 0.619. The molecule has 0 unspecified atom stereocenters. The van der Waals surface area contributed by atoms with Crippen molar-refractivity contribution in [1.82, 2.24) is 0 Å². The number of nitro groups is 1. The van der Waals surface area contributed by atoms with Gasteiger partial charge in [-0.15, -0.1) is 0 Å². The van der Waals surface area contributed by atoms with E-state index in [0.717, 1.165) is 17.7 Å². The summed E-state index contributed by atoms with van der Waals surface area (Å²) in [5, 5.41) is 13.4. The molecular weight excluding hydrogens is 334 g/mol.